The number of carboxylic acids is 2. The first kappa shape index (κ1) is 35.8. The van der Waals surface area contributed by atoms with Gasteiger partial charge in [0.2, 0.25) is 23.6 Å². The molecule has 5 atom stereocenters. The molecule has 0 aliphatic rings. The lowest BCUT2D eigenvalue weighted by Gasteiger charge is -2.25. The maximum absolute atomic E-state index is 13.3. The lowest BCUT2D eigenvalue weighted by atomic mass is 10.0. The van der Waals surface area contributed by atoms with Gasteiger partial charge >= 0.3 is 11.9 Å². The van der Waals surface area contributed by atoms with E-state index in [0.29, 0.717) is 23.3 Å². The minimum absolute atomic E-state index is 0.00423. The number of rotatable bonds is 18. The zero-order valence-electron chi connectivity index (χ0n) is 24.5. The summed E-state index contributed by atoms with van der Waals surface area (Å²) in [4.78, 5) is 75.2. The molecule has 14 heteroatoms. The lowest BCUT2D eigenvalue weighted by Crippen LogP contribution is -2.58. The number of thioether (sulfide) groups is 1. The van der Waals surface area contributed by atoms with Crippen molar-refractivity contribution in [3.05, 3.63) is 71.8 Å². The first-order valence-electron chi connectivity index (χ1n) is 13.9. The molecule has 2 rings (SSSR count). The molecule has 8 N–H and O–H groups in total. The third-order valence-electron chi connectivity index (χ3n) is 6.55. The Morgan fingerprint density at radius 3 is 1.68 bits per heavy atom. The number of aliphatic carboxylic acids is 2. The predicted molar refractivity (Wildman–Crippen MR) is 165 cm³/mol. The highest BCUT2D eigenvalue weighted by atomic mass is 32.2. The second kappa shape index (κ2) is 18.3. The van der Waals surface area contributed by atoms with Gasteiger partial charge in [-0.25, -0.2) is 4.79 Å². The van der Waals surface area contributed by atoms with Crippen LogP contribution in [0.15, 0.2) is 60.7 Å². The van der Waals surface area contributed by atoms with E-state index in [1.54, 1.807) is 60.7 Å². The van der Waals surface area contributed by atoms with Gasteiger partial charge in [-0.15, -0.1) is 0 Å². The van der Waals surface area contributed by atoms with E-state index in [1.807, 2.05) is 6.26 Å². The summed E-state index contributed by atoms with van der Waals surface area (Å²) in [7, 11) is 0. The Morgan fingerprint density at radius 1 is 0.705 bits per heavy atom. The van der Waals surface area contributed by atoms with Crippen molar-refractivity contribution >= 4 is 47.3 Å². The molecule has 0 unspecified atom stereocenters. The Bertz CT molecular complexity index is 1280. The third-order valence-corrected chi connectivity index (χ3v) is 7.19. The minimum Gasteiger partial charge on any atom is -0.481 e. The van der Waals surface area contributed by atoms with Crippen molar-refractivity contribution in [1.82, 2.24) is 21.3 Å². The second-order valence-electron chi connectivity index (χ2n) is 10.1. The Balaban J connectivity index is 2.14. The SMILES string of the molecule is CSCC[C@H](N)C(=O)N[C@@H](Cc1ccccc1)C(=O)N[C@@H](CC(=O)O)C(=O)N[C@@H](C)C(=O)N[C@@H](Cc1ccccc1)C(=O)O. The molecule has 2 aromatic carbocycles. The fraction of sp³-hybridized carbons (Fsp3) is 0.400. The quantitative estimate of drug-likeness (QED) is 0.118. The predicted octanol–water partition coefficient (Wildman–Crippen LogP) is 0.0706. The van der Waals surface area contributed by atoms with Crippen LogP contribution in [0.3, 0.4) is 0 Å². The average molecular weight is 630 g/mol. The zero-order valence-corrected chi connectivity index (χ0v) is 25.3. The molecule has 0 aliphatic heterocycles. The molecule has 0 saturated heterocycles. The first-order valence-corrected chi connectivity index (χ1v) is 15.3. The zero-order chi connectivity index (χ0) is 32.6. The summed E-state index contributed by atoms with van der Waals surface area (Å²) in [5.41, 5.74) is 7.33. The monoisotopic (exact) mass is 629 g/mol. The maximum atomic E-state index is 13.3. The molecule has 0 saturated carbocycles. The minimum atomic E-state index is -1.62. The van der Waals surface area contributed by atoms with Crippen LogP contribution in [0, 0.1) is 0 Å². The smallest absolute Gasteiger partial charge is 0.326 e. The Labute approximate surface area is 259 Å². The van der Waals surface area contributed by atoms with Gasteiger partial charge in [0.15, 0.2) is 0 Å². The van der Waals surface area contributed by atoms with Crippen LogP contribution in [-0.4, -0.2) is 88.0 Å². The number of benzene rings is 2. The van der Waals surface area contributed by atoms with E-state index in [1.165, 1.54) is 18.7 Å². The van der Waals surface area contributed by atoms with Gasteiger partial charge in [-0.1, -0.05) is 60.7 Å². The molecular formula is C30H39N5O8S. The average Bonchev–Trinajstić information content (AvgIpc) is 2.99. The van der Waals surface area contributed by atoms with Crippen molar-refractivity contribution in [2.45, 2.75) is 62.8 Å². The van der Waals surface area contributed by atoms with Crippen molar-refractivity contribution in [2.24, 2.45) is 5.73 Å². The van der Waals surface area contributed by atoms with Gasteiger partial charge in [0.25, 0.3) is 0 Å². The summed E-state index contributed by atoms with van der Waals surface area (Å²) in [5, 5.41) is 28.7. The number of hydrogen-bond acceptors (Lipinski definition) is 8. The molecule has 0 radical (unpaired) electrons. The summed E-state index contributed by atoms with van der Waals surface area (Å²) in [6, 6.07) is 11.1. The summed E-state index contributed by atoms with van der Waals surface area (Å²) >= 11 is 1.51. The van der Waals surface area contributed by atoms with E-state index in [4.69, 9.17) is 5.73 Å². The van der Waals surface area contributed by atoms with E-state index >= 15 is 0 Å². The molecule has 0 heterocycles. The van der Waals surface area contributed by atoms with Gasteiger partial charge < -0.3 is 37.2 Å². The number of nitrogens with two attached hydrogens (primary N) is 1. The molecular weight excluding hydrogens is 590 g/mol. The summed E-state index contributed by atoms with van der Waals surface area (Å²) in [5.74, 6) is -5.28. The summed E-state index contributed by atoms with van der Waals surface area (Å²) in [6.07, 6.45) is 1.44. The van der Waals surface area contributed by atoms with Gasteiger partial charge in [-0.3, -0.25) is 24.0 Å². The summed E-state index contributed by atoms with van der Waals surface area (Å²) < 4.78 is 0. The number of nitrogens with one attached hydrogen (secondary N) is 4. The van der Waals surface area contributed by atoms with Gasteiger partial charge in [0.05, 0.1) is 12.5 Å². The number of carbonyl (C=O) groups excluding carboxylic acids is 4. The number of carbonyl (C=O) groups is 6. The van der Waals surface area contributed by atoms with E-state index in [-0.39, 0.29) is 12.8 Å². The van der Waals surface area contributed by atoms with Crippen molar-refractivity contribution < 1.29 is 39.0 Å². The molecule has 0 spiro atoms. The number of hydrogen-bond donors (Lipinski definition) is 7. The van der Waals surface area contributed by atoms with Crippen LogP contribution in [0.2, 0.25) is 0 Å². The molecule has 0 aliphatic carbocycles. The van der Waals surface area contributed by atoms with Crippen molar-refractivity contribution in [3.8, 4) is 0 Å². The second-order valence-corrected chi connectivity index (χ2v) is 11.1. The van der Waals surface area contributed by atoms with Crippen molar-refractivity contribution in [1.29, 1.82) is 0 Å². The van der Waals surface area contributed by atoms with E-state index in [0.717, 1.165) is 0 Å². The van der Waals surface area contributed by atoms with Gasteiger partial charge in [0, 0.05) is 12.8 Å². The van der Waals surface area contributed by atoms with E-state index in [2.05, 4.69) is 21.3 Å². The van der Waals surface area contributed by atoms with Crippen LogP contribution >= 0.6 is 11.8 Å². The Kier molecular flexibility index (Phi) is 14.9. The highest BCUT2D eigenvalue weighted by Gasteiger charge is 2.32. The van der Waals surface area contributed by atoms with E-state index < -0.39 is 72.2 Å². The Morgan fingerprint density at radius 2 is 1.18 bits per heavy atom. The molecule has 0 aromatic heterocycles. The lowest BCUT2D eigenvalue weighted by molar-refractivity contribution is -0.143. The largest absolute Gasteiger partial charge is 0.481 e. The highest BCUT2D eigenvalue weighted by Crippen LogP contribution is 2.07. The van der Waals surface area contributed by atoms with Gasteiger partial charge in [0.1, 0.15) is 24.2 Å². The van der Waals surface area contributed by atoms with Crippen LogP contribution < -0.4 is 27.0 Å². The molecule has 0 bridgehead atoms. The fourth-order valence-corrected chi connectivity index (χ4v) is 4.59. The van der Waals surface area contributed by atoms with Crippen LogP contribution in [0.1, 0.15) is 30.9 Å². The van der Waals surface area contributed by atoms with Crippen LogP contribution in [0.4, 0.5) is 0 Å². The fourth-order valence-electron chi connectivity index (χ4n) is 4.10. The highest BCUT2D eigenvalue weighted by molar-refractivity contribution is 7.98. The molecule has 4 amide bonds. The third kappa shape index (κ3) is 12.4. The van der Waals surface area contributed by atoms with Gasteiger partial charge in [-0.05, 0) is 36.5 Å². The van der Waals surface area contributed by atoms with Crippen LogP contribution in [0.25, 0.3) is 0 Å². The van der Waals surface area contributed by atoms with Crippen LogP contribution in [-0.2, 0) is 41.6 Å². The molecule has 2 aromatic rings. The maximum Gasteiger partial charge on any atom is 0.326 e. The van der Waals surface area contributed by atoms with Gasteiger partial charge in [-0.2, -0.15) is 11.8 Å². The first-order chi connectivity index (χ1) is 20.9. The Hall–Kier alpha value is -4.43. The van der Waals surface area contributed by atoms with Crippen molar-refractivity contribution in [2.75, 3.05) is 12.0 Å². The van der Waals surface area contributed by atoms with Crippen LogP contribution in [0.5, 0.6) is 0 Å². The normalized spacial score (nSPS) is 14.2. The topological polar surface area (TPSA) is 217 Å². The molecule has 44 heavy (non-hydrogen) atoms. The molecule has 0 fully saturated rings. The summed E-state index contributed by atoms with van der Waals surface area (Å²) in [6.45, 7) is 1.29. The number of amides is 4. The molecule has 13 nitrogen and oxygen atoms in total. The number of carboxylic acid groups (broad SMARTS) is 2. The van der Waals surface area contributed by atoms with Crippen molar-refractivity contribution in [3.63, 3.8) is 0 Å². The standard InChI is InChI=1S/C30H39N5O8S/c1-18(26(38)35-24(30(42)43)16-20-11-7-4-8-12-20)32-28(40)23(17-25(36)37)34-29(41)22(15-19-9-5-3-6-10-19)33-27(39)21(31)13-14-44-2/h3-12,18,21-24H,13-17,31H2,1-2H3,(H,32,40)(H,33,39)(H,34,41)(H,35,38)(H,36,37)(H,42,43)/t18-,21-,22-,23-,24-/m0/s1. The molecule has 238 valence electrons. The van der Waals surface area contributed by atoms with E-state index in [9.17, 15) is 39.0 Å².